The minimum Gasteiger partial charge on any atom is -0.494 e. The first-order valence-corrected chi connectivity index (χ1v) is 30.4. The van der Waals surface area contributed by atoms with Gasteiger partial charge < -0.3 is 67.9 Å². The van der Waals surface area contributed by atoms with E-state index in [1.54, 1.807) is 0 Å². The Morgan fingerprint density at radius 2 is 0.659 bits per heavy atom. The maximum absolute atomic E-state index is 11.3. The van der Waals surface area contributed by atoms with Crippen molar-refractivity contribution in [1.82, 2.24) is 0 Å². The molecule has 8 unspecified atom stereocenters. The first-order valence-electron chi connectivity index (χ1n) is 30.4. The number of aliphatic hydroxyl groups is 4. The molecule has 1 aliphatic rings. The molecule has 8 aromatic rings. The first-order chi connectivity index (χ1) is 43.2. The zero-order valence-corrected chi connectivity index (χ0v) is 50.4. The molecule has 0 amide bonds. The van der Waals surface area contributed by atoms with Gasteiger partial charge in [-0.1, -0.05) is 115 Å². The van der Waals surface area contributed by atoms with Gasteiger partial charge in [0.1, 0.15) is 91.9 Å². The molecule has 1 aliphatic heterocycles. The Kier molecular flexibility index (Phi) is 24.9. The lowest BCUT2D eigenvalue weighted by atomic mass is 9.73. The lowest BCUT2D eigenvalue weighted by Gasteiger charge is -2.30. The van der Waals surface area contributed by atoms with Gasteiger partial charge in [-0.25, -0.2) is 0 Å². The van der Waals surface area contributed by atoms with Gasteiger partial charge in [0.15, 0.2) is 5.75 Å². The van der Waals surface area contributed by atoms with Crippen LogP contribution in [0.2, 0.25) is 0 Å². The van der Waals surface area contributed by atoms with Crippen LogP contribution >= 0.6 is 0 Å². The fourth-order valence-electron chi connectivity index (χ4n) is 10.5. The number of rotatable bonds is 38. The van der Waals surface area contributed by atoms with Crippen LogP contribution in [-0.2, 0) is 19.1 Å². The normalized spacial score (nSPS) is 15.2. The Labute approximate surface area is 516 Å². The molecule has 0 saturated carbocycles. The van der Waals surface area contributed by atoms with E-state index in [9.17, 15) is 20.4 Å². The van der Waals surface area contributed by atoms with Crippen molar-refractivity contribution in [3.63, 3.8) is 0 Å². The molecule has 4 N–H and O–H groups in total. The molecule has 8 atom stereocenters. The largest absolute Gasteiger partial charge is 0.494 e. The third kappa shape index (κ3) is 19.3. The Morgan fingerprint density at radius 1 is 0.364 bits per heavy atom. The summed E-state index contributed by atoms with van der Waals surface area (Å²) in [6.45, 7) is 9.29. The van der Waals surface area contributed by atoms with E-state index in [2.05, 4.69) is 84.9 Å². The highest BCUT2D eigenvalue weighted by Gasteiger charge is 2.31. The van der Waals surface area contributed by atoms with E-state index in [4.69, 9.17) is 52.4 Å². The number of hydrogen-bond acceptors (Lipinski definition) is 15. The van der Waals surface area contributed by atoms with Gasteiger partial charge in [0, 0.05) is 49.9 Å². The lowest BCUT2D eigenvalue weighted by molar-refractivity contribution is -0.202. The predicted molar refractivity (Wildman–Crippen MR) is 337 cm³/mol. The Morgan fingerprint density at radius 3 is 0.966 bits per heavy atom. The quantitative estimate of drug-likeness (QED) is 0.0124. The zero-order valence-electron chi connectivity index (χ0n) is 50.4. The second-order valence-electron chi connectivity index (χ2n) is 21.5. The lowest BCUT2D eigenvalue weighted by Crippen LogP contribution is -2.25. The molecular formula is C73H82O15. The second kappa shape index (κ2) is 34.0. The van der Waals surface area contributed by atoms with Crippen molar-refractivity contribution in [3.05, 3.63) is 245 Å². The van der Waals surface area contributed by atoms with E-state index < -0.39 is 18.3 Å². The summed E-state index contributed by atoms with van der Waals surface area (Å²) in [5.41, 5.74) is 8.41. The Hall–Kier alpha value is -7.96. The van der Waals surface area contributed by atoms with E-state index in [0.29, 0.717) is 74.0 Å². The summed E-state index contributed by atoms with van der Waals surface area (Å²) in [6, 6.07) is 66.7. The highest BCUT2D eigenvalue weighted by Crippen LogP contribution is 2.46. The summed E-state index contributed by atoms with van der Waals surface area (Å²) < 4.78 is 52.6. The summed E-state index contributed by atoms with van der Waals surface area (Å²) in [5, 5.41) is 41.5. The molecule has 8 aromatic carbocycles. The van der Waals surface area contributed by atoms with Crippen molar-refractivity contribution >= 4 is 0 Å². The van der Waals surface area contributed by atoms with Gasteiger partial charge in [0.25, 0.3) is 0 Å². The summed E-state index contributed by atoms with van der Waals surface area (Å²) in [7, 11) is 0. The summed E-state index contributed by atoms with van der Waals surface area (Å²) in [6.07, 6.45) is -1.80. The van der Waals surface area contributed by atoms with Crippen LogP contribution in [0.3, 0.4) is 0 Å². The number of aliphatic hydroxyl groups excluding tert-OH is 4. The smallest absolute Gasteiger partial charge is 0.165 e. The Bertz CT molecular complexity index is 3220. The molecule has 0 bridgehead atoms. The molecule has 1 saturated heterocycles. The van der Waals surface area contributed by atoms with E-state index in [-0.39, 0.29) is 76.0 Å². The Balaban J connectivity index is 0.918. The van der Waals surface area contributed by atoms with E-state index >= 15 is 0 Å². The fourth-order valence-corrected chi connectivity index (χ4v) is 10.5. The average Bonchev–Trinajstić information content (AvgIpc) is 2.60. The van der Waals surface area contributed by atoms with Crippen molar-refractivity contribution in [1.29, 1.82) is 0 Å². The van der Waals surface area contributed by atoms with Crippen molar-refractivity contribution in [2.24, 2.45) is 0 Å². The molecule has 0 spiro atoms. The van der Waals surface area contributed by atoms with Crippen LogP contribution in [0.4, 0.5) is 0 Å². The summed E-state index contributed by atoms with van der Waals surface area (Å²) in [5.74, 6) is 3.75. The van der Waals surface area contributed by atoms with Crippen LogP contribution < -0.4 is 33.3 Å². The molecule has 9 rings (SSSR count). The predicted octanol–water partition coefficient (Wildman–Crippen LogP) is 11.9. The summed E-state index contributed by atoms with van der Waals surface area (Å²) >= 11 is 0. The SMILES string of the molecule is CCOCC(O)COc1ccc(C(c2ccc(OCC(O)COc3ccc(C(c4ccc(OCC(O)COCC)cc4)C(c4ccc(OCCCO)cc4)c4ccc(OOCC)cc4)cc3)cc2)C(c2ccccc2)c2ccc(OCC3CO3)cc2)cc1. The maximum atomic E-state index is 11.3. The van der Waals surface area contributed by atoms with Crippen LogP contribution in [0, 0.1) is 0 Å². The highest BCUT2D eigenvalue weighted by molar-refractivity contribution is 5.50. The third-order valence-corrected chi connectivity index (χ3v) is 15.0. The minimum absolute atomic E-state index is 0.00980. The number of ether oxygens (including phenoxy) is 9. The van der Waals surface area contributed by atoms with Gasteiger partial charge in [-0.15, -0.1) is 0 Å². The van der Waals surface area contributed by atoms with Gasteiger partial charge in [0.2, 0.25) is 0 Å². The number of hydrogen-bond donors (Lipinski definition) is 4. The third-order valence-electron chi connectivity index (χ3n) is 15.0. The van der Waals surface area contributed by atoms with Crippen LogP contribution in [0.25, 0.3) is 0 Å². The van der Waals surface area contributed by atoms with Crippen LogP contribution in [-0.4, -0.2) is 131 Å². The van der Waals surface area contributed by atoms with Gasteiger partial charge in [0.05, 0.1) is 33.0 Å². The van der Waals surface area contributed by atoms with Crippen molar-refractivity contribution in [2.75, 3.05) is 85.9 Å². The molecule has 1 heterocycles. The molecule has 15 heteroatoms. The summed E-state index contributed by atoms with van der Waals surface area (Å²) in [4.78, 5) is 10.8. The van der Waals surface area contributed by atoms with Crippen molar-refractivity contribution in [2.45, 2.75) is 75.3 Å². The number of benzene rings is 8. The van der Waals surface area contributed by atoms with Crippen LogP contribution in [0.5, 0.6) is 40.2 Å². The van der Waals surface area contributed by atoms with Gasteiger partial charge in [-0.05, 0) is 150 Å². The zero-order chi connectivity index (χ0) is 61.3. The molecule has 0 aliphatic carbocycles. The number of epoxide rings is 1. The molecule has 15 nitrogen and oxygen atoms in total. The second-order valence-corrected chi connectivity index (χ2v) is 21.5. The molecule has 464 valence electrons. The molecule has 0 radical (unpaired) electrons. The molecule has 0 aromatic heterocycles. The van der Waals surface area contributed by atoms with Crippen LogP contribution in [0.1, 0.15) is 95.4 Å². The first kappa shape index (κ1) is 64.5. The standard InChI is InChI=1S/C73H82O15/c1-4-78-43-59(75)45-81-63-29-15-54(16-30-63)71(70(51-11-8-7-9-12-51)52-23-37-67(38-24-52)85-49-69-50-86-69)55-17-33-65(34-18-55)83-47-61(77)48-84-66-35-21-57(22-36-66)72(56-19-31-64(32-20-56)82-46-60(76)44-79-5-2)73(58-25-39-68(40-26-58)88-87-6-3)53-13-27-62(28-14-53)80-42-10-41-74/h7-9,11-40,59-61,69-77H,4-6,10,41-50H2,1-3H3. The van der Waals surface area contributed by atoms with Gasteiger partial charge in [-0.3, -0.25) is 0 Å². The highest BCUT2D eigenvalue weighted by atomic mass is 17.2. The molecule has 88 heavy (non-hydrogen) atoms. The van der Waals surface area contributed by atoms with Crippen molar-refractivity contribution in [3.8, 4) is 40.2 Å². The maximum Gasteiger partial charge on any atom is 0.165 e. The van der Waals surface area contributed by atoms with Gasteiger partial charge in [-0.2, -0.15) is 4.89 Å². The molecular weight excluding hydrogens is 1120 g/mol. The topological polar surface area (TPSA) is 186 Å². The molecule has 1 fully saturated rings. The van der Waals surface area contributed by atoms with E-state index in [1.165, 1.54) is 0 Å². The van der Waals surface area contributed by atoms with Crippen LogP contribution in [0.15, 0.2) is 200 Å². The monoisotopic (exact) mass is 1200 g/mol. The average molecular weight is 1200 g/mol. The van der Waals surface area contributed by atoms with Gasteiger partial charge >= 0.3 is 0 Å². The fraction of sp³-hybridized carbons (Fsp3) is 0.342. The van der Waals surface area contributed by atoms with E-state index in [0.717, 1.165) is 56.9 Å². The van der Waals surface area contributed by atoms with E-state index in [1.807, 2.05) is 136 Å². The minimum atomic E-state index is -0.956. The van der Waals surface area contributed by atoms with Crippen molar-refractivity contribution < 1.29 is 72.8 Å².